The van der Waals surface area contributed by atoms with Gasteiger partial charge in [-0.3, -0.25) is 0 Å². The second-order valence-electron chi connectivity index (χ2n) is 2.82. The fourth-order valence-electron chi connectivity index (χ4n) is 1.11. The minimum atomic E-state index is -0.359. The maximum absolute atomic E-state index is 13.2. The summed E-state index contributed by atoms with van der Waals surface area (Å²) in [6.45, 7) is 1.86. The molecule has 78 valence electrons. The summed E-state index contributed by atoms with van der Waals surface area (Å²) < 4.78 is 13.6. The fourth-order valence-corrected chi connectivity index (χ4v) is 1.55. The van der Waals surface area contributed by atoms with Gasteiger partial charge < -0.3 is 9.94 Å². The largest absolute Gasteiger partial charge is 0.506 e. The van der Waals surface area contributed by atoms with Gasteiger partial charge in [0.05, 0.1) is 18.1 Å². The van der Waals surface area contributed by atoms with Crippen molar-refractivity contribution in [3.8, 4) is 5.75 Å². The van der Waals surface area contributed by atoms with Crippen LogP contribution in [0.5, 0.6) is 5.75 Å². The number of halogens is 2. The highest BCUT2D eigenvalue weighted by atomic mass is 79.9. The van der Waals surface area contributed by atoms with E-state index in [4.69, 9.17) is 0 Å². The Morgan fingerprint density at radius 2 is 2.29 bits per heavy atom. The molecule has 0 unspecified atom stereocenters. The number of hydroxylamine groups is 1. The molecular weight excluding hydrogens is 253 g/mol. The van der Waals surface area contributed by atoms with Crippen LogP contribution in [0.2, 0.25) is 0 Å². The van der Waals surface area contributed by atoms with Crippen LogP contribution in [0, 0.1) is 12.7 Å². The van der Waals surface area contributed by atoms with E-state index in [-0.39, 0.29) is 18.1 Å². The first kappa shape index (κ1) is 11.4. The Morgan fingerprint density at radius 3 is 2.86 bits per heavy atom. The van der Waals surface area contributed by atoms with Gasteiger partial charge >= 0.3 is 0 Å². The highest BCUT2D eigenvalue weighted by molar-refractivity contribution is 9.10. The third-order valence-electron chi connectivity index (χ3n) is 1.97. The molecule has 0 amide bonds. The molecule has 0 spiro atoms. The molecule has 0 fully saturated rings. The van der Waals surface area contributed by atoms with Gasteiger partial charge in [0, 0.05) is 5.56 Å². The summed E-state index contributed by atoms with van der Waals surface area (Å²) in [5.41, 5.74) is 3.45. The third-order valence-corrected chi connectivity index (χ3v) is 2.57. The van der Waals surface area contributed by atoms with Crippen molar-refractivity contribution < 1.29 is 14.3 Å². The topological polar surface area (TPSA) is 41.5 Å². The molecule has 0 aliphatic heterocycles. The first-order chi connectivity index (χ1) is 6.57. The monoisotopic (exact) mass is 263 g/mol. The maximum atomic E-state index is 13.2. The number of hydrogen-bond acceptors (Lipinski definition) is 3. The summed E-state index contributed by atoms with van der Waals surface area (Å²) in [6, 6.07) is 1.24. The second kappa shape index (κ2) is 4.72. The zero-order valence-electron chi connectivity index (χ0n) is 7.90. The van der Waals surface area contributed by atoms with Gasteiger partial charge in [-0.05, 0) is 34.5 Å². The number of hydrogen-bond donors (Lipinski definition) is 2. The lowest BCUT2D eigenvalue weighted by Crippen LogP contribution is -2.12. The predicted octanol–water partition coefficient (Wildman–Crippen LogP) is 2.25. The van der Waals surface area contributed by atoms with Crippen LogP contribution in [0.25, 0.3) is 0 Å². The molecule has 5 heteroatoms. The molecule has 1 aromatic rings. The average molecular weight is 264 g/mol. The molecular formula is C9H11BrFNO2. The molecule has 1 aromatic carbocycles. The molecule has 3 nitrogen and oxygen atoms in total. The van der Waals surface area contributed by atoms with E-state index in [2.05, 4.69) is 26.2 Å². The summed E-state index contributed by atoms with van der Waals surface area (Å²) in [5, 5.41) is 9.62. The summed E-state index contributed by atoms with van der Waals surface area (Å²) in [5.74, 6) is -0.323. The lowest BCUT2D eigenvalue weighted by Gasteiger charge is -2.10. The van der Waals surface area contributed by atoms with E-state index in [1.165, 1.54) is 13.2 Å². The molecule has 0 aliphatic carbocycles. The maximum Gasteiger partial charge on any atom is 0.134 e. The number of phenols is 1. The van der Waals surface area contributed by atoms with Gasteiger partial charge in [-0.25, -0.2) is 4.39 Å². The smallest absolute Gasteiger partial charge is 0.134 e. The summed E-state index contributed by atoms with van der Waals surface area (Å²) in [6.07, 6.45) is 0. The van der Waals surface area contributed by atoms with E-state index in [9.17, 15) is 9.50 Å². The van der Waals surface area contributed by atoms with Crippen LogP contribution in [0.3, 0.4) is 0 Å². The molecule has 0 aromatic heterocycles. The lowest BCUT2D eigenvalue weighted by molar-refractivity contribution is 0.0859. The molecule has 0 bridgehead atoms. The number of rotatable bonds is 3. The summed E-state index contributed by atoms with van der Waals surface area (Å²) in [7, 11) is 1.46. The fraction of sp³-hybridized carbons (Fsp3) is 0.333. The van der Waals surface area contributed by atoms with Gasteiger partial charge in [0.1, 0.15) is 11.6 Å². The van der Waals surface area contributed by atoms with Crippen molar-refractivity contribution in [1.29, 1.82) is 0 Å². The van der Waals surface area contributed by atoms with Crippen molar-refractivity contribution in [2.24, 2.45) is 0 Å². The van der Waals surface area contributed by atoms with Crippen LogP contribution in [-0.4, -0.2) is 12.2 Å². The highest BCUT2D eigenvalue weighted by Crippen LogP contribution is 2.31. The van der Waals surface area contributed by atoms with E-state index < -0.39 is 0 Å². The van der Waals surface area contributed by atoms with Gasteiger partial charge in [0.2, 0.25) is 0 Å². The van der Waals surface area contributed by atoms with Crippen molar-refractivity contribution in [3.05, 3.63) is 27.5 Å². The zero-order valence-corrected chi connectivity index (χ0v) is 9.48. The molecule has 0 saturated carbocycles. The van der Waals surface area contributed by atoms with E-state index >= 15 is 0 Å². The van der Waals surface area contributed by atoms with Crippen molar-refractivity contribution >= 4 is 15.9 Å². The van der Waals surface area contributed by atoms with Crippen LogP contribution in [0.4, 0.5) is 4.39 Å². The van der Waals surface area contributed by atoms with Crippen LogP contribution >= 0.6 is 15.9 Å². The first-order valence-electron chi connectivity index (χ1n) is 4.00. The van der Waals surface area contributed by atoms with Gasteiger partial charge in [0.15, 0.2) is 0 Å². The standard InChI is InChI=1S/C9H11BrFNO2/c1-5-6(4-12-14-2)9(13)7(10)3-8(5)11/h3,12-13H,4H2,1-2H3. The van der Waals surface area contributed by atoms with Crippen LogP contribution in [-0.2, 0) is 11.4 Å². The zero-order chi connectivity index (χ0) is 10.7. The number of benzene rings is 1. The minimum Gasteiger partial charge on any atom is -0.506 e. The van der Waals surface area contributed by atoms with E-state index in [0.717, 1.165) is 0 Å². The normalized spacial score (nSPS) is 10.6. The number of nitrogens with one attached hydrogen (secondary N) is 1. The number of phenolic OH excluding ortho intramolecular Hbond substituents is 1. The molecule has 0 radical (unpaired) electrons. The number of aromatic hydroxyl groups is 1. The predicted molar refractivity (Wildman–Crippen MR) is 54.4 cm³/mol. The Labute approximate surface area is 90.0 Å². The van der Waals surface area contributed by atoms with Gasteiger partial charge in [-0.1, -0.05) is 0 Å². The molecule has 0 heterocycles. The highest BCUT2D eigenvalue weighted by Gasteiger charge is 2.12. The molecule has 14 heavy (non-hydrogen) atoms. The Kier molecular flexibility index (Phi) is 3.86. The summed E-state index contributed by atoms with van der Waals surface area (Å²) >= 11 is 3.06. The van der Waals surface area contributed by atoms with Crippen LogP contribution in [0.15, 0.2) is 10.5 Å². The minimum absolute atomic E-state index is 0.0356. The van der Waals surface area contributed by atoms with Gasteiger partial charge in [0.25, 0.3) is 0 Å². The van der Waals surface area contributed by atoms with Crippen LogP contribution < -0.4 is 5.48 Å². The summed E-state index contributed by atoms with van der Waals surface area (Å²) in [4.78, 5) is 4.64. The van der Waals surface area contributed by atoms with Gasteiger partial charge in [-0.15, -0.1) is 0 Å². The lowest BCUT2D eigenvalue weighted by atomic mass is 10.1. The van der Waals surface area contributed by atoms with Crippen molar-refractivity contribution in [3.63, 3.8) is 0 Å². The molecule has 0 aliphatic rings. The SMILES string of the molecule is CONCc1c(C)c(F)cc(Br)c1O. The van der Waals surface area contributed by atoms with Crippen molar-refractivity contribution in [2.75, 3.05) is 7.11 Å². The van der Waals surface area contributed by atoms with Gasteiger partial charge in [-0.2, -0.15) is 5.48 Å². The Balaban J connectivity index is 3.11. The van der Waals surface area contributed by atoms with Crippen molar-refractivity contribution in [2.45, 2.75) is 13.5 Å². The molecule has 2 N–H and O–H groups in total. The second-order valence-corrected chi connectivity index (χ2v) is 3.67. The molecule has 1 rings (SSSR count). The molecule has 0 atom stereocenters. The Hall–Kier alpha value is -0.650. The third kappa shape index (κ3) is 2.23. The first-order valence-corrected chi connectivity index (χ1v) is 4.79. The average Bonchev–Trinajstić information content (AvgIpc) is 2.15. The van der Waals surface area contributed by atoms with E-state index in [0.29, 0.717) is 15.6 Å². The molecule has 0 saturated heterocycles. The van der Waals surface area contributed by atoms with Crippen LogP contribution in [0.1, 0.15) is 11.1 Å². The Bertz CT molecular complexity index is 318. The van der Waals surface area contributed by atoms with E-state index in [1.54, 1.807) is 6.92 Å². The van der Waals surface area contributed by atoms with Crippen molar-refractivity contribution in [1.82, 2.24) is 5.48 Å². The van der Waals surface area contributed by atoms with E-state index in [1.807, 2.05) is 0 Å². The Morgan fingerprint density at radius 1 is 1.64 bits per heavy atom. The quantitative estimate of drug-likeness (QED) is 0.823.